The molecule has 3 heterocycles. The van der Waals surface area contributed by atoms with Gasteiger partial charge in [0.1, 0.15) is 0 Å². The smallest absolute Gasteiger partial charge is 0.0753 e. The molecule has 0 saturated carbocycles. The molecule has 9 aromatic carbocycles. The third-order valence-corrected chi connectivity index (χ3v) is 13.5. The van der Waals surface area contributed by atoms with Gasteiger partial charge in [0.2, 0.25) is 0 Å². The topological polar surface area (TPSA) is 9.86 Å². The first-order valence-corrected chi connectivity index (χ1v) is 21.5. The molecule has 0 N–H and O–H groups in total. The summed E-state index contributed by atoms with van der Waals surface area (Å²) in [6.45, 7) is 0. The van der Waals surface area contributed by atoms with E-state index in [1.54, 1.807) is 0 Å². The van der Waals surface area contributed by atoms with E-state index in [0.717, 1.165) is 0 Å². The Morgan fingerprint density at radius 3 is 1.71 bits per heavy atom. The molecule has 1 aliphatic heterocycles. The highest BCUT2D eigenvalue weighted by Gasteiger charge is 2.46. The highest BCUT2D eigenvalue weighted by Crippen LogP contribution is 2.56. The lowest BCUT2D eigenvalue weighted by molar-refractivity contribution is 0.712. The monoisotopic (exact) mass is 770 g/mol. The quantitative estimate of drug-likeness (QED) is 0.153. The molecule has 0 amide bonds. The average molecular weight is 771 g/mol. The van der Waals surface area contributed by atoms with Crippen molar-refractivity contribution in [3.8, 4) is 33.6 Å². The molecule has 0 spiro atoms. The summed E-state index contributed by atoms with van der Waals surface area (Å²) in [6, 6.07) is 78.7. The lowest BCUT2D eigenvalue weighted by Gasteiger charge is -2.42. The Balaban J connectivity index is 1.03. The molecule has 278 valence electrons. The van der Waals surface area contributed by atoms with E-state index in [4.69, 9.17) is 0 Å². The van der Waals surface area contributed by atoms with Gasteiger partial charge in [-0.15, -0.1) is 11.8 Å². The molecule has 0 saturated heterocycles. The highest BCUT2D eigenvalue weighted by molar-refractivity contribution is 7.98. The van der Waals surface area contributed by atoms with Gasteiger partial charge in [-0.2, -0.15) is 0 Å². The Bertz CT molecular complexity index is 3430. The van der Waals surface area contributed by atoms with Crippen LogP contribution in [0.15, 0.2) is 217 Å². The number of thioether (sulfide) groups is 1. The van der Waals surface area contributed by atoms with E-state index in [-0.39, 0.29) is 0 Å². The highest BCUT2D eigenvalue weighted by atomic mass is 32.2. The Morgan fingerprint density at radius 1 is 0.373 bits per heavy atom. The lowest BCUT2D eigenvalue weighted by atomic mass is 9.63. The van der Waals surface area contributed by atoms with Crippen molar-refractivity contribution in [2.75, 3.05) is 6.26 Å². The van der Waals surface area contributed by atoms with Crippen LogP contribution in [0.2, 0.25) is 0 Å². The van der Waals surface area contributed by atoms with Crippen LogP contribution in [0.1, 0.15) is 22.3 Å². The van der Waals surface area contributed by atoms with Gasteiger partial charge in [-0.25, -0.2) is 0 Å². The molecule has 2 aromatic heterocycles. The van der Waals surface area contributed by atoms with Gasteiger partial charge < -0.3 is 9.13 Å². The van der Waals surface area contributed by atoms with Crippen LogP contribution in [0, 0.1) is 0 Å². The summed E-state index contributed by atoms with van der Waals surface area (Å²) in [7, 11) is 0. The minimum absolute atomic E-state index is 0.565. The zero-order valence-corrected chi connectivity index (χ0v) is 33.3. The van der Waals surface area contributed by atoms with Crippen molar-refractivity contribution in [3.63, 3.8) is 0 Å². The van der Waals surface area contributed by atoms with Crippen LogP contribution >= 0.6 is 11.8 Å². The van der Waals surface area contributed by atoms with Crippen molar-refractivity contribution in [3.05, 3.63) is 235 Å². The predicted octanol–water partition coefficient (Wildman–Crippen LogP) is 14.6. The number of fused-ring (bicyclic) bond motifs is 8. The first-order chi connectivity index (χ1) is 29.2. The van der Waals surface area contributed by atoms with Gasteiger partial charge in [0, 0.05) is 32.1 Å². The van der Waals surface area contributed by atoms with E-state index in [0.29, 0.717) is 0 Å². The molecule has 0 aliphatic carbocycles. The van der Waals surface area contributed by atoms with Crippen LogP contribution in [0.4, 0.5) is 0 Å². The third-order valence-electron chi connectivity index (χ3n) is 12.7. The first kappa shape index (κ1) is 34.0. The number of nitrogens with zero attached hydrogens (tertiary/aromatic N) is 2. The molecular weight excluding hydrogens is 733 g/mol. The van der Waals surface area contributed by atoms with Crippen LogP contribution in [-0.2, 0) is 5.41 Å². The molecule has 0 fully saturated rings. The molecule has 1 unspecified atom stereocenters. The summed E-state index contributed by atoms with van der Waals surface area (Å²) in [5.41, 5.74) is 16.8. The minimum Gasteiger partial charge on any atom is -0.309 e. The number of para-hydroxylation sites is 5. The first-order valence-electron chi connectivity index (χ1n) is 20.3. The fourth-order valence-electron chi connectivity index (χ4n) is 10.2. The average Bonchev–Trinajstić information content (AvgIpc) is 3.83. The summed E-state index contributed by atoms with van der Waals surface area (Å²) < 4.78 is 4.88. The van der Waals surface area contributed by atoms with E-state index >= 15 is 0 Å². The molecule has 1 aliphatic rings. The van der Waals surface area contributed by atoms with Crippen LogP contribution in [0.25, 0.3) is 77.2 Å². The maximum atomic E-state index is 2.51. The van der Waals surface area contributed by atoms with Crippen LogP contribution in [0.3, 0.4) is 0 Å². The fraction of sp³-hybridized carbons (Fsp3) is 0.0357. The van der Waals surface area contributed by atoms with Gasteiger partial charge >= 0.3 is 0 Å². The number of benzene rings is 9. The summed E-state index contributed by atoms with van der Waals surface area (Å²) in [4.78, 5) is 1.28. The van der Waals surface area contributed by atoms with E-state index in [1.807, 2.05) is 11.8 Å². The second-order valence-electron chi connectivity index (χ2n) is 15.6. The molecular formula is C56H38N2S. The zero-order chi connectivity index (χ0) is 39.1. The van der Waals surface area contributed by atoms with Gasteiger partial charge in [-0.3, -0.25) is 0 Å². The molecule has 3 heteroatoms. The summed E-state index contributed by atoms with van der Waals surface area (Å²) in [5.74, 6) is 0. The Hall–Kier alpha value is -7.07. The fourth-order valence-corrected chi connectivity index (χ4v) is 10.9. The van der Waals surface area contributed by atoms with Crippen LogP contribution < -0.4 is 0 Å². The van der Waals surface area contributed by atoms with Crippen molar-refractivity contribution in [2.24, 2.45) is 0 Å². The normalized spacial score (nSPS) is 14.7. The molecule has 12 rings (SSSR count). The second kappa shape index (κ2) is 13.2. The van der Waals surface area contributed by atoms with Gasteiger partial charge in [-0.1, -0.05) is 158 Å². The number of hydrogen-bond donors (Lipinski definition) is 0. The zero-order valence-electron chi connectivity index (χ0n) is 32.5. The van der Waals surface area contributed by atoms with E-state index in [2.05, 4.69) is 228 Å². The van der Waals surface area contributed by atoms with Crippen molar-refractivity contribution < 1.29 is 0 Å². The van der Waals surface area contributed by atoms with Crippen molar-refractivity contribution >= 4 is 55.4 Å². The largest absolute Gasteiger partial charge is 0.309 e. The van der Waals surface area contributed by atoms with Gasteiger partial charge in [0.25, 0.3) is 0 Å². The maximum Gasteiger partial charge on any atom is 0.0753 e. The molecule has 0 radical (unpaired) electrons. The Morgan fingerprint density at radius 2 is 0.932 bits per heavy atom. The van der Waals surface area contributed by atoms with E-state index in [1.165, 1.54) is 104 Å². The summed E-state index contributed by atoms with van der Waals surface area (Å²) in [5, 5.41) is 5.09. The number of hydrogen-bond acceptors (Lipinski definition) is 1. The standard InChI is InChI=1S/C56H38N2S/c1-59-54-28-12-8-23-48(54)56(47-22-7-11-27-53(47)58-51-26-10-5-19-43(51)45-21-14-24-49(56)55(45)58)41-16-13-15-39(35-41)37-29-31-38(32-30-37)40-33-34-52-46(36-40)44-20-6-9-25-50(44)57(52)42-17-3-2-4-18-42/h2-36H,1H3. The van der Waals surface area contributed by atoms with Gasteiger partial charge in [0.15, 0.2) is 0 Å². The third kappa shape index (κ3) is 4.89. The van der Waals surface area contributed by atoms with E-state index in [9.17, 15) is 0 Å². The molecule has 0 bridgehead atoms. The summed E-state index contributed by atoms with van der Waals surface area (Å²) >= 11 is 1.83. The maximum absolute atomic E-state index is 2.51. The molecule has 59 heavy (non-hydrogen) atoms. The van der Waals surface area contributed by atoms with Crippen LogP contribution in [0.5, 0.6) is 0 Å². The van der Waals surface area contributed by atoms with Crippen molar-refractivity contribution in [1.82, 2.24) is 9.13 Å². The Kier molecular flexibility index (Phi) is 7.63. The van der Waals surface area contributed by atoms with E-state index < -0.39 is 5.41 Å². The van der Waals surface area contributed by atoms with Crippen LogP contribution in [-0.4, -0.2) is 15.4 Å². The lowest BCUT2D eigenvalue weighted by Crippen LogP contribution is -2.36. The SMILES string of the molecule is CSc1ccccc1C1(c2cccc(-c3ccc(-c4ccc5c(c4)c4ccccc4n5-c4ccccc4)cc3)c2)c2ccccc2-n2c3ccccc3c3cccc1c32. The van der Waals surface area contributed by atoms with Gasteiger partial charge in [0.05, 0.1) is 33.2 Å². The second-order valence-corrected chi connectivity index (χ2v) is 16.4. The minimum atomic E-state index is -0.565. The van der Waals surface area contributed by atoms with Crippen molar-refractivity contribution in [1.29, 1.82) is 0 Å². The Labute approximate surface area is 347 Å². The van der Waals surface area contributed by atoms with Gasteiger partial charge in [-0.05, 0) is 105 Å². The molecule has 1 atom stereocenters. The van der Waals surface area contributed by atoms with Crippen molar-refractivity contribution in [2.45, 2.75) is 10.3 Å². The summed E-state index contributed by atoms with van der Waals surface area (Å²) in [6.07, 6.45) is 2.20. The predicted molar refractivity (Wildman–Crippen MR) is 250 cm³/mol. The number of rotatable bonds is 6. The number of aromatic nitrogens is 2. The molecule has 2 nitrogen and oxygen atoms in total. The molecule has 11 aromatic rings.